The van der Waals surface area contributed by atoms with Gasteiger partial charge in [-0.25, -0.2) is 9.97 Å². The molecule has 8 aromatic rings. The topological polar surface area (TPSA) is 59.6 Å². The molecule has 5 heterocycles. The van der Waals surface area contributed by atoms with Crippen LogP contribution in [0.4, 0.5) is 17.1 Å². The zero-order valence-electron chi connectivity index (χ0n) is 26.7. The Balaban J connectivity index is 1.10. The first kappa shape index (κ1) is 27.5. The highest BCUT2D eigenvalue weighted by Gasteiger charge is 2.29. The van der Waals surface area contributed by atoms with Gasteiger partial charge in [0.25, 0.3) is 0 Å². The number of hydrogen-bond acceptors (Lipinski definition) is 6. The highest BCUT2D eigenvalue weighted by molar-refractivity contribution is 6.13. The van der Waals surface area contributed by atoms with Crippen molar-refractivity contribution in [2.24, 2.45) is 0 Å². The van der Waals surface area contributed by atoms with Gasteiger partial charge in [0.15, 0.2) is 5.58 Å². The minimum Gasteiger partial charge on any atom is -0.454 e. The van der Waals surface area contributed by atoms with Gasteiger partial charge in [-0.1, -0.05) is 57.2 Å². The van der Waals surface area contributed by atoms with Crippen LogP contribution in [-0.4, -0.2) is 28.3 Å². The second-order valence-corrected chi connectivity index (χ2v) is 13.3. The zero-order chi connectivity index (χ0) is 31.9. The van der Waals surface area contributed by atoms with Gasteiger partial charge >= 0.3 is 0 Å². The van der Waals surface area contributed by atoms with Gasteiger partial charge in [-0.3, -0.25) is 4.57 Å². The summed E-state index contributed by atoms with van der Waals surface area (Å²) in [6, 6.07) is 35.6. The van der Waals surface area contributed by atoms with E-state index < -0.39 is 0 Å². The van der Waals surface area contributed by atoms with E-state index in [2.05, 4.69) is 120 Å². The molecule has 0 spiro atoms. The summed E-state index contributed by atoms with van der Waals surface area (Å²) in [6.45, 7) is 7.36. The van der Waals surface area contributed by atoms with E-state index in [1.54, 1.807) is 6.20 Å². The average molecular weight is 616 g/mol. The molecular weight excluding hydrogens is 582 g/mol. The summed E-state index contributed by atoms with van der Waals surface area (Å²) < 4.78 is 15.1. The summed E-state index contributed by atoms with van der Waals surface area (Å²) in [7, 11) is 2.10. The number of rotatable bonds is 4. The van der Waals surface area contributed by atoms with Crippen molar-refractivity contribution in [3.05, 3.63) is 121 Å². The van der Waals surface area contributed by atoms with E-state index >= 15 is 0 Å². The second-order valence-electron chi connectivity index (χ2n) is 13.3. The number of aromatic nitrogens is 3. The summed E-state index contributed by atoms with van der Waals surface area (Å²) in [4.78, 5) is 13.9. The smallest absolute Gasteiger partial charge is 0.221 e. The Morgan fingerprint density at radius 3 is 2.36 bits per heavy atom. The molecule has 47 heavy (non-hydrogen) atoms. The maximum Gasteiger partial charge on any atom is 0.221 e. The summed E-state index contributed by atoms with van der Waals surface area (Å²) in [6.07, 6.45) is 3.71. The van der Waals surface area contributed by atoms with Crippen molar-refractivity contribution in [1.82, 2.24) is 14.5 Å². The molecule has 4 aromatic carbocycles. The fourth-order valence-corrected chi connectivity index (χ4v) is 6.94. The number of nitrogens with zero attached hydrogens (tertiary/aromatic N) is 5. The minimum absolute atomic E-state index is 0.00410. The van der Waals surface area contributed by atoms with Gasteiger partial charge in [0, 0.05) is 58.8 Å². The van der Waals surface area contributed by atoms with Crippen molar-refractivity contribution >= 4 is 60.8 Å². The van der Waals surface area contributed by atoms with E-state index in [4.69, 9.17) is 14.1 Å². The SMILES string of the molecule is CN1CN(c2ccnc(Oc3ccc4c5ccccc5n(-c5cc(C(C)(C)C)ccn5)c4c3)c2)c2ccc3c(oc4ccccc43)c21. The number of anilines is 3. The largest absolute Gasteiger partial charge is 0.454 e. The molecule has 0 saturated carbocycles. The van der Waals surface area contributed by atoms with Gasteiger partial charge in [-0.2, -0.15) is 0 Å². The minimum atomic E-state index is 0.00410. The van der Waals surface area contributed by atoms with Crippen molar-refractivity contribution in [3.8, 4) is 17.4 Å². The fourth-order valence-electron chi connectivity index (χ4n) is 6.94. The van der Waals surface area contributed by atoms with E-state index in [-0.39, 0.29) is 5.41 Å². The highest BCUT2D eigenvalue weighted by atomic mass is 16.5. The number of para-hydroxylation sites is 2. The lowest BCUT2D eigenvalue weighted by molar-refractivity contribution is 0.463. The maximum atomic E-state index is 6.47. The standard InChI is InChI=1S/C40H33N5O2/c1-40(2,3)25-17-19-41-36(21-25)45-32-11-7-5-9-28(32)29-14-13-27(23-34(29)45)46-37-22-26(18-20-42-37)44-24-43(4)38-33(44)16-15-31-30-10-6-8-12-35(30)47-39(31)38/h5-23H,24H2,1-4H3. The first-order chi connectivity index (χ1) is 22.8. The molecule has 0 bridgehead atoms. The van der Waals surface area contributed by atoms with Gasteiger partial charge in [-0.15, -0.1) is 0 Å². The van der Waals surface area contributed by atoms with E-state index in [9.17, 15) is 0 Å². The normalized spacial score (nSPS) is 13.4. The molecule has 230 valence electrons. The van der Waals surface area contributed by atoms with Gasteiger partial charge in [-0.05, 0) is 65.6 Å². The number of ether oxygens (including phenoxy) is 1. The Kier molecular flexibility index (Phi) is 5.90. The lowest BCUT2D eigenvalue weighted by atomic mass is 9.88. The third-order valence-electron chi connectivity index (χ3n) is 9.26. The molecule has 4 aromatic heterocycles. The predicted octanol–water partition coefficient (Wildman–Crippen LogP) is 10.1. The van der Waals surface area contributed by atoms with Crippen LogP contribution in [0.25, 0.3) is 49.6 Å². The Morgan fingerprint density at radius 1 is 0.723 bits per heavy atom. The van der Waals surface area contributed by atoms with E-state index in [0.717, 1.165) is 61.2 Å². The molecule has 0 unspecified atom stereocenters. The average Bonchev–Trinajstić information content (AvgIpc) is 3.73. The molecule has 7 heteroatoms. The predicted molar refractivity (Wildman–Crippen MR) is 191 cm³/mol. The van der Waals surface area contributed by atoms with Gasteiger partial charge in [0.2, 0.25) is 5.88 Å². The monoisotopic (exact) mass is 615 g/mol. The Bertz CT molecular complexity index is 2500. The lowest BCUT2D eigenvalue weighted by Gasteiger charge is -2.20. The third-order valence-corrected chi connectivity index (χ3v) is 9.26. The Labute approximate surface area is 272 Å². The van der Waals surface area contributed by atoms with Crippen LogP contribution in [0.15, 0.2) is 120 Å². The molecule has 9 rings (SSSR count). The summed E-state index contributed by atoms with van der Waals surface area (Å²) in [5.74, 6) is 2.12. The zero-order valence-corrected chi connectivity index (χ0v) is 26.7. The fraction of sp³-hybridized carbons (Fsp3) is 0.150. The summed E-state index contributed by atoms with van der Waals surface area (Å²) in [5.41, 5.74) is 8.35. The second kappa shape index (κ2) is 10.1. The van der Waals surface area contributed by atoms with Gasteiger partial charge < -0.3 is 19.0 Å². The molecule has 1 aliphatic heterocycles. The first-order valence-electron chi connectivity index (χ1n) is 15.9. The maximum absolute atomic E-state index is 6.47. The molecule has 7 nitrogen and oxygen atoms in total. The van der Waals surface area contributed by atoms with Crippen LogP contribution in [0.1, 0.15) is 26.3 Å². The van der Waals surface area contributed by atoms with Crippen LogP contribution < -0.4 is 14.5 Å². The molecule has 0 saturated heterocycles. The number of benzene rings is 4. The number of pyridine rings is 2. The Morgan fingerprint density at radius 2 is 1.49 bits per heavy atom. The number of fused-ring (bicyclic) bond motifs is 8. The van der Waals surface area contributed by atoms with Gasteiger partial charge in [0.05, 0.1) is 23.4 Å². The van der Waals surface area contributed by atoms with E-state index in [0.29, 0.717) is 18.3 Å². The quantitative estimate of drug-likeness (QED) is 0.196. The van der Waals surface area contributed by atoms with E-state index in [1.807, 2.05) is 36.5 Å². The highest BCUT2D eigenvalue weighted by Crippen LogP contribution is 2.47. The van der Waals surface area contributed by atoms with Crippen molar-refractivity contribution in [3.63, 3.8) is 0 Å². The lowest BCUT2D eigenvalue weighted by Crippen LogP contribution is -2.24. The number of hydrogen-bond donors (Lipinski definition) is 0. The summed E-state index contributed by atoms with van der Waals surface area (Å²) >= 11 is 0. The third kappa shape index (κ3) is 4.34. The van der Waals surface area contributed by atoms with Crippen molar-refractivity contribution in [2.75, 3.05) is 23.5 Å². The molecule has 0 amide bonds. The van der Waals surface area contributed by atoms with Crippen molar-refractivity contribution in [2.45, 2.75) is 26.2 Å². The first-order valence-corrected chi connectivity index (χ1v) is 15.9. The van der Waals surface area contributed by atoms with E-state index in [1.165, 1.54) is 10.9 Å². The molecule has 0 fully saturated rings. The van der Waals surface area contributed by atoms with Crippen LogP contribution in [-0.2, 0) is 5.41 Å². The Hall–Kier alpha value is -5.82. The van der Waals surface area contributed by atoms with Crippen molar-refractivity contribution < 1.29 is 9.15 Å². The van der Waals surface area contributed by atoms with Crippen molar-refractivity contribution in [1.29, 1.82) is 0 Å². The number of furan rings is 1. The van der Waals surface area contributed by atoms with Crippen LogP contribution >= 0.6 is 0 Å². The van der Waals surface area contributed by atoms with Crippen LogP contribution in [0.3, 0.4) is 0 Å². The molecule has 0 N–H and O–H groups in total. The van der Waals surface area contributed by atoms with Crippen LogP contribution in [0, 0.1) is 0 Å². The van der Waals surface area contributed by atoms with Crippen LogP contribution in [0.5, 0.6) is 11.6 Å². The molecule has 0 aliphatic carbocycles. The summed E-state index contributed by atoms with van der Waals surface area (Å²) in [5, 5.41) is 4.57. The molecule has 0 atom stereocenters. The molecular formula is C40H33N5O2. The van der Waals surface area contributed by atoms with Gasteiger partial charge in [0.1, 0.15) is 22.8 Å². The molecule has 0 radical (unpaired) electrons. The van der Waals surface area contributed by atoms with Crippen LogP contribution in [0.2, 0.25) is 0 Å². The molecule has 1 aliphatic rings.